The average Bonchev–Trinajstić information content (AvgIpc) is 2.69. The highest BCUT2D eigenvalue weighted by atomic mass is 35.5. The molecule has 0 unspecified atom stereocenters. The Hall–Kier alpha value is -1.81. The number of rotatable bonds is 3. The minimum Gasteiger partial charge on any atom is -0.482 e. The van der Waals surface area contributed by atoms with E-state index in [0.29, 0.717) is 10.8 Å². The molecule has 0 saturated carbocycles. The first kappa shape index (κ1) is 13.6. The van der Waals surface area contributed by atoms with Crippen molar-refractivity contribution >= 4 is 17.5 Å². The van der Waals surface area contributed by atoms with Gasteiger partial charge in [-0.25, -0.2) is 4.68 Å². The van der Waals surface area contributed by atoms with E-state index in [1.54, 1.807) is 12.1 Å². The Bertz CT molecular complexity index is 620. The molecule has 1 aromatic heterocycles. The topological polar surface area (TPSA) is 44.1 Å². The van der Waals surface area contributed by atoms with Crippen molar-refractivity contribution in [1.82, 2.24) is 9.78 Å². The third-order valence-corrected chi connectivity index (χ3v) is 3.00. The number of aromatic nitrogens is 2. The summed E-state index contributed by atoms with van der Waals surface area (Å²) in [6.45, 7) is 5.52. The Morgan fingerprint density at radius 3 is 2.68 bits per heavy atom. The average molecular weight is 279 g/mol. The summed E-state index contributed by atoms with van der Waals surface area (Å²) in [4.78, 5) is 12.0. The van der Waals surface area contributed by atoms with E-state index in [1.807, 2.05) is 32.9 Å². The lowest BCUT2D eigenvalue weighted by Crippen LogP contribution is -2.21. The fraction of sp³-hybridized carbons (Fsp3) is 0.286. The van der Waals surface area contributed by atoms with Gasteiger partial charge in [-0.05, 0) is 44.5 Å². The smallest absolute Gasteiger partial charge is 0.284 e. The Morgan fingerprint density at radius 1 is 1.32 bits per heavy atom. The molecule has 0 amide bonds. The van der Waals surface area contributed by atoms with Crippen molar-refractivity contribution in [1.29, 1.82) is 0 Å². The van der Waals surface area contributed by atoms with Crippen molar-refractivity contribution < 1.29 is 9.53 Å². The molecule has 0 atom stereocenters. The van der Waals surface area contributed by atoms with Crippen molar-refractivity contribution in [3.05, 3.63) is 46.2 Å². The first-order valence-corrected chi connectivity index (χ1v) is 6.30. The van der Waals surface area contributed by atoms with E-state index in [-0.39, 0.29) is 12.5 Å². The van der Waals surface area contributed by atoms with Gasteiger partial charge in [-0.1, -0.05) is 17.7 Å². The van der Waals surface area contributed by atoms with Gasteiger partial charge in [0, 0.05) is 5.69 Å². The molecular weight excluding hydrogens is 264 g/mol. The minimum absolute atomic E-state index is 0.0921. The third-order valence-electron chi connectivity index (χ3n) is 2.68. The Labute approximate surface area is 116 Å². The number of halogens is 1. The second kappa shape index (κ2) is 5.45. The maximum Gasteiger partial charge on any atom is 0.284 e. The summed E-state index contributed by atoms with van der Waals surface area (Å²) in [5.41, 5.74) is 2.62. The van der Waals surface area contributed by atoms with Gasteiger partial charge in [-0.2, -0.15) is 5.10 Å². The van der Waals surface area contributed by atoms with E-state index < -0.39 is 0 Å². The summed E-state index contributed by atoms with van der Waals surface area (Å²) in [6.07, 6.45) is 0. The van der Waals surface area contributed by atoms with Crippen LogP contribution in [0.1, 0.15) is 21.7 Å². The molecule has 2 aromatic rings. The van der Waals surface area contributed by atoms with Crippen LogP contribution in [0.5, 0.6) is 5.75 Å². The number of ether oxygens (including phenoxy) is 1. The van der Waals surface area contributed by atoms with Crippen molar-refractivity contribution in [2.45, 2.75) is 20.8 Å². The van der Waals surface area contributed by atoms with Gasteiger partial charge in [0.25, 0.3) is 5.91 Å². The van der Waals surface area contributed by atoms with E-state index in [2.05, 4.69) is 5.10 Å². The van der Waals surface area contributed by atoms with E-state index in [0.717, 1.165) is 17.0 Å². The van der Waals surface area contributed by atoms with Gasteiger partial charge in [-0.3, -0.25) is 4.79 Å². The first-order chi connectivity index (χ1) is 8.97. The van der Waals surface area contributed by atoms with Crippen LogP contribution < -0.4 is 4.74 Å². The molecule has 1 heterocycles. The highest BCUT2D eigenvalue weighted by molar-refractivity contribution is 6.32. The molecule has 0 aliphatic heterocycles. The largest absolute Gasteiger partial charge is 0.482 e. The zero-order valence-electron chi connectivity index (χ0n) is 11.1. The lowest BCUT2D eigenvalue weighted by Gasteiger charge is -2.08. The molecule has 4 nitrogen and oxygen atoms in total. The van der Waals surface area contributed by atoms with Gasteiger partial charge in [-0.15, -0.1) is 0 Å². The fourth-order valence-corrected chi connectivity index (χ4v) is 1.98. The summed E-state index contributed by atoms with van der Waals surface area (Å²) in [6, 6.07) is 7.28. The zero-order chi connectivity index (χ0) is 14.0. The summed E-state index contributed by atoms with van der Waals surface area (Å²) in [5.74, 6) is 0.291. The molecule has 0 spiro atoms. The summed E-state index contributed by atoms with van der Waals surface area (Å²) in [5, 5.41) is 4.61. The second-order valence-electron chi connectivity index (χ2n) is 4.46. The molecule has 1 aromatic carbocycles. The molecule has 0 bridgehead atoms. The number of carbonyl (C=O) groups excluding carboxylic acids is 1. The predicted molar refractivity (Wildman–Crippen MR) is 74.0 cm³/mol. The van der Waals surface area contributed by atoms with E-state index >= 15 is 0 Å². The van der Waals surface area contributed by atoms with E-state index in [1.165, 1.54) is 4.68 Å². The van der Waals surface area contributed by atoms with Gasteiger partial charge >= 0.3 is 0 Å². The maximum absolute atomic E-state index is 12.0. The van der Waals surface area contributed by atoms with Crippen LogP contribution in [-0.2, 0) is 0 Å². The number of benzene rings is 1. The molecule has 0 N–H and O–H groups in total. The Kier molecular flexibility index (Phi) is 3.90. The van der Waals surface area contributed by atoms with Crippen LogP contribution in [0.25, 0.3) is 0 Å². The molecule has 100 valence electrons. The van der Waals surface area contributed by atoms with Crippen LogP contribution in [0.3, 0.4) is 0 Å². The molecule has 19 heavy (non-hydrogen) atoms. The standard InChI is InChI=1S/C14H15ClN2O2/c1-9-4-5-12(15)13(6-9)19-8-14(18)17-11(3)7-10(2)16-17/h4-7H,8H2,1-3H3. The highest BCUT2D eigenvalue weighted by Gasteiger charge is 2.12. The van der Waals surface area contributed by atoms with E-state index in [4.69, 9.17) is 16.3 Å². The Balaban J connectivity index is 2.08. The van der Waals surface area contributed by atoms with Gasteiger partial charge < -0.3 is 4.74 Å². The quantitative estimate of drug-likeness (QED) is 0.866. The van der Waals surface area contributed by atoms with Crippen LogP contribution in [-0.4, -0.2) is 22.3 Å². The van der Waals surface area contributed by atoms with Crippen LogP contribution >= 0.6 is 11.6 Å². The third kappa shape index (κ3) is 3.15. The van der Waals surface area contributed by atoms with Gasteiger partial charge in [0.1, 0.15) is 5.75 Å². The molecule has 0 aliphatic carbocycles. The maximum atomic E-state index is 12.0. The van der Waals surface area contributed by atoms with Gasteiger partial charge in [0.15, 0.2) is 6.61 Å². The first-order valence-electron chi connectivity index (χ1n) is 5.93. The Morgan fingerprint density at radius 2 is 2.05 bits per heavy atom. The number of nitrogens with zero attached hydrogens (tertiary/aromatic N) is 2. The normalized spacial score (nSPS) is 10.5. The molecule has 2 rings (SSSR count). The lowest BCUT2D eigenvalue weighted by molar-refractivity contribution is 0.0818. The van der Waals surface area contributed by atoms with E-state index in [9.17, 15) is 4.79 Å². The van der Waals surface area contributed by atoms with Gasteiger partial charge in [0.05, 0.1) is 10.7 Å². The molecule has 0 aliphatic rings. The number of aryl methyl sites for hydroxylation is 3. The van der Waals surface area contributed by atoms with Crippen LogP contribution in [0.4, 0.5) is 0 Å². The number of hydrogen-bond acceptors (Lipinski definition) is 3. The van der Waals surface area contributed by atoms with Crippen molar-refractivity contribution in [3.63, 3.8) is 0 Å². The van der Waals surface area contributed by atoms with Crippen LogP contribution in [0, 0.1) is 20.8 Å². The number of carbonyl (C=O) groups is 1. The van der Waals surface area contributed by atoms with Gasteiger partial charge in [0.2, 0.25) is 0 Å². The molecule has 0 radical (unpaired) electrons. The van der Waals surface area contributed by atoms with Crippen molar-refractivity contribution in [2.24, 2.45) is 0 Å². The molecular formula is C14H15ClN2O2. The lowest BCUT2D eigenvalue weighted by atomic mass is 10.2. The molecule has 0 fully saturated rings. The highest BCUT2D eigenvalue weighted by Crippen LogP contribution is 2.25. The summed E-state index contributed by atoms with van der Waals surface area (Å²) >= 11 is 6.00. The zero-order valence-corrected chi connectivity index (χ0v) is 11.9. The van der Waals surface area contributed by atoms with Crippen LogP contribution in [0.2, 0.25) is 5.02 Å². The summed E-state index contributed by atoms with van der Waals surface area (Å²) < 4.78 is 6.80. The van der Waals surface area contributed by atoms with Crippen LogP contribution in [0.15, 0.2) is 24.3 Å². The monoisotopic (exact) mass is 278 g/mol. The summed E-state index contributed by atoms with van der Waals surface area (Å²) in [7, 11) is 0. The SMILES string of the molecule is Cc1ccc(Cl)c(OCC(=O)n2nc(C)cc2C)c1. The fourth-order valence-electron chi connectivity index (χ4n) is 1.80. The molecule has 0 saturated heterocycles. The predicted octanol–water partition coefficient (Wildman–Crippen LogP) is 3.18. The van der Waals surface area contributed by atoms with Crippen molar-refractivity contribution in [2.75, 3.05) is 6.61 Å². The minimum atomic E-state index is -0.219. The van der Waals surface area contributed by atoms with Crippen molar-refractivity contribution in [3.8, 4) is 5.75 Å². The number of hydrogen-bond donors (Lipinski definition) is 0. The second-order valence-corrected chi connectivity index (χ2v) is 4.86. The molecule has 5 heteroatoms.